The van der Waals surface area contributed by atoms with E-state index in [2.05, 4.69) is 5.32 Å². The van der Waals surface area contributed by atoms with Crippen molar-refractivity contribution in [3.8, 4) is 0 Å². The van der Waals surface area contributed by atoms with Crippen molar-refractivity contribution >= 4 is 5.69 Å². The number of aliphatic hydroxyl groups excluding tert-OH is 1. The first-order valence-electron chi connectivity index (χ1n) is 5.96. The van der Waals surface area contributed by atoms with Gasteiger partial charge in [0.25, 0.3) is 0 Å². The van der Waals surface area contributed by atoms with E-state index in [-0.39, 0.29) is 5.82 Å². The second-order valence-electron chi connectivity index (χ2n) is 4.20. The maximum Gasteiger partial charge on any atom is 0.146 e. The van der Waals surface area contributed by atoms with Crippen LogP contribution in [0.1, 0.15) is 5.56 Å². The maximum absolute atomic E-state index is 13.3. The van der Waals surface area contributed by atoms with Crippen LogP contribution in [0.15, 0.2) is 54.6 Å². The Hall–Kier alpha value is -1.87. The zero-order valence-corrected chi connectivity index (χ0v) is 10.0. The number of rotatable bonds is 5. The van der Waals surface area contributed by atoms with Crippen LogP contribution in [0.5, 0.6) is 0 Å². The van der Waals surface area contributed by atoms with E-state index in [1.54, 1.807) is 18.2 Å². The Bertz CT molecular complexity index is 487. The van der Waals surface area contributed by atoms with Gasteiger partial charge in [0.1, 0.15) is 5.82 Å². The highest BCUT2D eigenvalue weighted by molar-refractivity contribution is 5.44. The molecule has 2 aromatic rings. The molecular formula is C15H16FNO. The minimum absolute atomic E-state index is 0.301. The molecule has 2 aromatic carbocycles. The molecule has 3 heteroatoms. The van der Waals surface area contributed by atoms with E-state index in [4.69, 9.17) is 0 Å². The van der Waals surface area contributed by atoms with Gasteiger partial charge < -0.3 is 10.4 Å². The molecule has 0 unspecified atom stereocenters. The van der Waals surface area contributed by atoms with Gasteiger partial charge in [0.05, 0.1) is 11.8 Å². The molecule has 0 aliphatic rings. The molecule has 0 aliphatic heterocycles. The largest absolute Gasteiger partial charge is 0.391 e. The normalized spacial score (nSPS) is 12.1. The second-order valence-corrected chi connectivity index (χ2v) is 4.20. The number of hydrogen-bond acceptors (Lipinski definition) is 2. The molecule has 0 heterocycles. The summed E-state index contributed by atoms with van der Waals surface area (Å²) in [5.41, 5.74) is 1.49. The van der Waals surface area contributed by atoms with Crippen molar-refractivity contribution in [1.82, 2.24) is 0 Å². The fourth-order valence-electron chi connectivity index (χ4n) is 1.79. The molecule has 0 fully saturated rings. The fraction of sp³-hybridized carbons (Fsp3) is 0.200. The summed E-state index contributed by atoms with van der Waals surface area (Å²) in [6.45, 7) is 0.329. The summed E-state index contributed by atoms with van der Waals surface area (Å²) in [5, 5.41) is 12.8. The molecule has 0 amide bonds. The Morgan fingerprint density at radius 2 is 1.67 bits per heavy atom. The lowest BCUT2D eigenvalue weighted by atomic mass is 10.1. The predicted octanol–water partition coefficient (Wildman–Crippen LogP) is 2.84. The van der Waals surface area contributed by atoms with E-state index in [1.165, 1.54) is 6.07 Å². The summed E-state index contributed by atoms with van der Waals surface area (Å²) in [6.07, 6.45) is 0.0227. The van der Waals surface area contributed by atoms with E-state index in [0.717, 1.165) is 5.56 Å². The van der Waals surface area contributed by atoms with Crippen LogP contribution in [0.2, 0.25) is 0 Å². The number of para-hydroxylation sites is 1. The van der Waals surface area contributed by atoms with Gasteiger partial charge >= 0.3 is 0 Å². The Balaban J connectivity index is 1.86. The van der Waals surface area contributed by atoms with Gasteiger partial charge in [-0.2, -0.15) is 0 Å². The summed E-state index contributed by atoms with van der Waals surface area (Å²) in [7, 11) is 0. The minimum Gasteiger partial charge on any atom is -0.391 e. The van der Waals surface area contributed by atoms with E-state index in [0.29, 0.717) is 18.7 Å². The Morgan fingerprint density at radius 3 is 2.39 bits per heavy atom. The molecule has 0 bridgehead atoms. The van der Waals surface area contributed by atoms with Crippen molar-refractivity contribution in [3.63, 3.8) is 0 Å². The van der Waals surface area contributed by atoms with Gasteiger partial charge in [-0.25, -0.2) is 4.39 Å². The highest BCUT2D eigenvalue weighted by Crippen LogP contribution is 2.12. The van der Waals surface area contributed by atoms with E-state index in [1.807, 2.05) is 30.3 Å². The van der Waals surface area contributed by atoms with Gasteiger partial charge in [-0.05, 0) is 17.7 Å². The standard InChI is InChI=1S/C15H16FNO/c16-14-8-4-5-9-15(14)17-11-13(18)10-12-6-2-1-3-7-12/h1-9,13,17-18H,10-11H2/t13-/m0/s1. The smallest absolute Gasteiger partial charge is 0.146 e. The number of benzene rings is 2. The highest BCUT2D eigenvalue weighted by Gasteiger charge is 2.06. The number of anilines is 1. The quantitative estimate of drug-likeness (QED) is 0.849. The lowest BCUT2D eigenvalue weighted by Gasteiger charge is -2.13. The lowest BCUT2D eigenvalue weighted by Crippen LogP contribution is -2.22. The fourth-order valence-corrected chi connectivity index (χ4v) is 1.79. The topological polar surface area (TPSA) is 32.3 Å². The van der Waals surface area contributed by atoms with Crippen LogP contribution in [-0.4, -0.2) is 17.8 Å². The molecule has 2 N–H and O–H groups in total. The predicted molar refractivity (Wildman–Crippen MR) is 71.0 cm³/mol. The Morgan fingerprint density at radius 1 is 1.00 bits per heavy atom. The van der Waals surface area contributed by atoms with Crippen LogP contribution in [0.3, 0.4) is 0 Å². The highest BCUT2D eigenvalue weighted by atomic mass is 19.1. The molecule has 18 heavy (non-hydrogen) atoms. The molecule has 0 spiro atoms. The Kier molecular flexibility index (Phi) is 4.31. The van der Waals surface area contributed by atoms with Crippen LogP contribution < -0.4 is 5.32 Å². The van der Waals surface area contributed by atoms with Gasteiger partial charge in [-0.15, -0.1) is 0 Å². The van der Waals surface area contributed by atoms with Crippen molar-refractivity contribution in [2.24, 2.45) is 0 Å². The zero-order valence-electron chi connectivity index (χ0n) is 10.0. The van der Waals surface area contributed by atoms with Crippen molar-refractivity contribution in [3.05, 3.63) is 66.0 Å². The third-order valence-corrected chi connectivity index (χ3v) is 2.72. The summed E-state index contributed by atoms with van der Waals surface area (Å²) in [4.78, 5) is 0. The van der Waals surface area contributed by atoms with Crippen molar-refractivity contribution in [1.29, 1.82) is 0 Å². The SMILES string of the molecule is O[C@H](CNc1ccccc1F)Cc1ccccc1. The monoisotopic (exact) mass is 245 g/mol. The lowest BCUT2D eigenvalue weighted by molar-refractivity contribution is 0.188. The average molecular weight is 245 g/mol. The maximum atomic E-state index is 13.3. The van der Waals surface area contributed by atoms with E-state index in [9.17, 15) is 9.50 Å². The van der Waals surface area contributed by atoms with Crippen LogP contribution in [0.25, 0.3) is 0 Å². The van der Waals surface area contributed by atoms with Crippen molar-refractivity contribution in [2.75, 3.05) is 11.9 Å². The summed E-state index contributed by atoms with van der Waals surface area (Å²) in [5.74, 6) is -0.301. The van der Waals surface area contributed by atoms with Gasteiger partial charge in [0.15, 0.2) is 0 Å². The second kappa shape index (κ2) is 6.17. The van der Waals surface area contributed by atoms with Crippen molar-refractivity contribution in [2.45, 2.75) is 12.5 Å². The van der Waals surface area contributed by atoms with Crippen LogP contribution in [-0.2, 0) is 6.42 Å². The first-order valence-corrected chi connectivity index (χ1v) is 5.96. The molecule has 0 aromatic heterocycles. The van der Waals surface area contributed by atoms with Crippen LogP contribution >= 0.6 is 0 Å². The molecule has 0 radical (unpaired) electrons. The van der Waals surface area contributed by atoms with Crippen LogP contribution in [0.4, 0.5) is 10.1 Å². The van der Waals surface area contributed by atoms with Crippen molar-refractivity contribution < 1.29 is 9.50 Å². The van der Waals surface area contributed by atoms with Gasteiger partial charge in [0, 0.05) is 13.0 Å². The summed E-state index contributed by atoms with van der Waals surface area (Å²) < 4.78 is 13.3. The molecule has 2 nitrogen and oxygen atoms in total. The van der Waals surface area contributed by atoms with E-state index >= 15 is 0 Å². The molecule has 2 rings (SSSR count). The molecule has 94 valence electrons. The first kappa shape index (κ1) is 12.6. The third kappa shape index (κ3) is 3.57. The van der Waals surface area contributed by atoms with Gasteiger partial charge in [0.2, 0.25) is 0 Å². The zero-order chi connectivity index (χ0) is 12.8. The number of hydrogen-bond donors (Lipinski definition) is 2. The molecular weight excluding hydrogens is 229 g/mol. The molecule has 0 saturated carbocycles. The summed E-state index contributed by atoms with van der Waals surface area (Å²) >= 11 is 0. The van der Waals surface area contributed by atoms with Gasteiger partial charge in [-0.1, -0.05) is 42.5 Å². The average Bonchev–Trinajstić information content (AvgIpc) is 2.39. The van der Waals surface area contributed by atoms with Crippen LogP contribution in [0, 0.1) is 5.82 Å². The molecule has 0 saturated heterocycles. The van der Waals surface area contributed by atoms with E-state index < -0.39 is 6.10 Å². The molecule has 1 atom stereocenters. The number of aliphatic hydroxyl groups is 1. The third-order valence-electron chi connectivity index (χ3n) is 2.72. The minimum atomic E-state index is -0.535. The number of halogens is 1. The van der Waals surface area contributed by atoms with Gasteiger partial charge in [-0.3, -0.25) is 0 Å². The first-order chi connectivity index (χ1) is 8.75. The molecule has 0 aliphatic carbocycles. The number of nitrogens with one attached hydrogen (secondary N) is 1. The Labute approximate surface area is 106 Å². The summed E-state index contributed by atoms with van der Waals surface area (Å²) in [6, 6.07) is 16.2.